The maximum absolute atomic E-state index is 5.54. The lowest BCUT2D eigenvalue weighted by Crippen LogP contribution is -2.37. The van der Waals surface area contributed by atoms with E-state index < -0.39 is 0 Å². The third-order valence-corrected chi connectivity index (χ3v) is 3.08. The summed E-state index contributed by atoms with van der Waals surface area (Å²) < 4.78 is 5.54. The molecule has 0 saturated heterocycles. The summed E-state index contributed by atoms with van der Waals surface area (Å²) in [5, 5.41) is 3.77. The second kappa shape index (κ2) is 5.85. The van der Waals surface area contributed by atoms with Gasteiger partial charge in [-0.2, -0.15) is 0 Å². The second-order valence-corrected chi connectivity index (χ2v) is 4.55. The molecule has 1 aliphatic rings. The van der Waals surface area contributed by atoms with Crippen LogP contribution in [0.2, 0.25) is 0 Å². The van der Waals surface area contributed by atoms with Crippen LogP contribution in [-0.4, -0.2) is 11.2 Å². The van der Waals surface area contributed by atoms with Gasteiger partial charge in [0.15, 0.2) is 0 Å². The Balaban J connectivity index is 1.80. The normalized spacial score (nSPS) is 16.8. The van der Waals surface area contributed by atoms with E-state index in [1.807, 2.05) is 30.3 Å². The molecule has 0 unspecified atom stereocenters. The first-order chi connectivity index (χ1) is 7.84. The van der Waals surface area contributed by atoms with Gasteiger partial charge in [-0.3, -0.25) is 0 Å². The number of hydrogen-bond donors (Lipinski definition) is 1. The standard InChI is InChI=1S/C13H17NOS/c16-13(14-11-7-3-1-4-8-11)15-12-9-5-2-6-10-12/h2,5-6,9-11H,1,3-4,7-8H2,(H,14,16). The number of rotatable bonds is 2. The van der Waals surface area contributed by atoms with Gasteiger partial charge in [-0.05, 0) is 37.2 Å². The molecule has 1 N–H and O–H groups in total. The van der Waals surface area contributed by atoms with E-state index >= 15 is 0 Å². The van der Waals surface area contributed by atoms with Gasteiger partial charge in [0.25, 0.3) is 5.17 Å². The Hall–Kier alpha value is -1.09. The van der Waals surface area contributed by atoms with E-state index in [-0.39, 0.29) is 0 Å². The molecule has 3 heteroatoms. The summed E-state index contributed by atoms with van der Waals surface area (Å²) in [6.07, 6.45) is 6.36. The minimum absolute atomic E-state index is 0.498. The first-order valence-electron chi connectivity index (χ1n) is 5.88. The average Bonchev–Trinajstić information content (AvgIpc) is 2.31. The Labute approximate surface area is 102 Å². The topological polar surface area (TPSA) is 21.3 Å². The molecule has 16 heavy (non-hydrogen) atoms. The monoisotopic (exact) mass is 235 g/mol. The minimum Gasteiger partial charge on any atom is -0.432 e. The molecule has 0 aromatic heterocycles. The predicted molar refractivity (Wildman–Crippen MR) is 69.7 cm³/mol. The zero-order chi connectivity index (χ0) is 11.2. The fourth-order valence-corrected chi connectivity index (χ4v) is 2.30. The van der Waals surface area contributed by atoms with Crippen LogP contribution in [0.25, 0.3) is 0 Å². The number of ether oxygens (including phenoxy) is 1. The lowest BCUT2D eigenvalue weighted by Gasteiger charge is -2.23. The van der Waals surface area contributed by atoms with E-state index in [0.717, 1.165) is 5.75 Å². The highest BCUT2D eigenvalue weighted by atomic mass is 32.1. The van der Waals surface area contributed by atoms with Crippen LogP contribution in [0.5, 0.6) is 5.75 Å². The van der Waals surface area contributed by atoms with Crippen molar-refractivity contribution in [2.75, 3.05) is 0 Å². The molecule has 0 heterocycles. The molecule has 2 rings (SSSR count). The Kier molecular flexibility index (Phi) is 4.17. The molecule has 0 bridgehead atoms. The van der Waals surface area contributed by atoms with Crippen LogP contribution in [0, 0.1) is 0 Å². The number of hydrogen-bond acceptors (Lipinski definition) is 2. The van der Waals surface area contributed by atoms with Gasteiger partial charge >= 0.3 is 0 Å². The smallest absolute Gasteiger partial charge is 0.262 e. The zero-order valence-corrected chi connectivity index (χ0v) is 10.1. The summed E-state index contributed by atoms with van der Waals surface area (Å²) in [5.74, 6) is 0.802. The summed E-state index contributed by atoms with van der Waals surface area (Å²) >= 11 is 5.18. The highest BCUT2D eigenvalue weighted by Crippen LogP contribution is 2.17. The molecule has 0 radical (unpaired) electrons. The van der Waals surface area contributed by atoms with E-state index in [2.05, 4.69) is 5.32 Å². The van der Waals surface area contributed by atoms with Crippen molar-refractivity contribution in [3.8, 4) is 5.75 Å². The van der Waals surface area contributed by atoms with Gasteiger partial charge < -0.3 is 10.1 Å². The van der Waals surface area contributed by atoms with Crippen molar-refractivity contribution in [3.63, 3.8) is 0 Å². The molecule has 0 amide bonds. The van der Waals surface area contributed by atoms with Crippen LogP contribution in [0.3, 0.4) is 0 Å². The molecule has 1 aromatic carbocycles. The molecule has 1 aromatic rings. The average molecular weight is 235 g/mol. The molecular formula is C13H17NOS. The van der Waals surface area contributed by atoms with Crippen molar-refractivity contribution < 1.29 is 4.74 Å². The van der Waals surface area contributed by atoms with Crippen LogP contribution in [0.15, 0.2) is 30.3 Å². The SMILES string of the molecule is S=C(NC1CCCCC1)Oc1ccccc1. The lowest BCUT2D eigenvalue weighted by atomic mass is 9.96. The molecular weight excluding hydrogens is 218 g/mol. The fraction of sp³-hybridized carbons (Fsp3) is 0.462. The summed E-state index contributed by atoms with van der Waals surface area (Å²) in [7, 11) is 0. The molecule has 0 atom stereocenters. The van der Waals surface area contributed by atoms with Gasteiger partial charge in [0.2, 0.25) is 0 Å². The van der Waals surface area contributed by atoms with Crippen LogP contribution in [0.1, 0.15) is 32.1 Å². The van der Waals surface area contributed by atoms with E-state index in [9.17, 15) is 0 Å². The molecule has 0 aliphatic heterocycles. The molecule has 1 aliphatic carbocycles. The molecule has 86 valence electrons. The van der Waals surface area contributed by atoms with Crippen LogP contribution < -0.4 is 10.1 Å². The largest absolute Gasteiger partial charge is 0.432 e. The molecule has 0 spiro atoms. The van der Waals surface area contributed by atoms with E-state index in [1.54, 1.807) is 0 Å². The molecule has 1 fully saturated rings. The summed E-state index contributed by atoms with van der Waals surface area (Å²) in [4.78, 5) is 0. The van der Waals surface area contributed by atoms with Crippen molar-refractivity contribution >= 4 is 17.4 Å². The van der Waals surface area contributed by atoms with E-state index in [0.29, 0.717) is 11.2 Å². The van der Waals surface area contributed by atoms with Gasteiger partial charge in [-0.15, -0.1) is 0 Å². The number of thiocarbonyl (C=S) groups is 1. The van der Waals surface area contributed by atoms with Crippen molar-refractivity contribution in [2.24, 2.45) is 0 Å². The summed E-state index contributed by atoms with van der Waals surface area (Å²) in [5.41, 5.74) is 0. The van der Waals surface area contributed by atoms with Gasteiger partial charge in [0.1, 0.15) is 5.75 Å². The second-order valence-electron chi connectivity index (χ2n) is 4.18. The van der Waals surface area contributed by atoms with Crippen LogP contribution in [-0.2, 0) is 0 Å². The van der Waals surface area contributed by atoms with E-state index in [4.69, 9.17) is 17.0 Å². The van der Waals surface area contributed by atoms with E-state index in [1.165, 1.54) is 32.1 Å². The van der Waals surface area contributed by atoms with Crippen LogP contribution >= 0.6 is 12.2 Å². The maximum Gasteiger partial charge on any atom is 0.262 e. The Morgan fingerprint density at radius 2 is 1.81 bits per heavy atom. The van der Waals surface area contributed by atoms with Gasteiger partial charge in [-0.1, -0.05) is 37.5 Å². The Bertz CT molecular complexity index is 333. The van der Waals surface area contributed by atoms with Gasteiger partial charge in [0, 0.05) is 6.04 Å². The van der Waals surface area contributed by atoms with Crippen molar-refractivity contribution in [1.82, 2.24) is 5.32 Å². The highest BCUT2D eigenvalue weighted by Gasteiger charge is 2.14. The third kappa shape index (κ3) is 3.49. The van der Waals surface area contributed by atoms with Gasteiger partial charge in [-0.25, -0.2) is 0 Å². The first kappa shape index (κ1) is 11.4. The zero-order valence-electron chi connectivity index (χ0n) is 9.32. The lowest BCUT2D eigenvalue weighted by molar-refractivity contribution is 0.394. The Morgan fingerprint density at radius 1 is 1.12 bits per heavy atom. The summed E-state index contributed by atoms with van der Waals surface area (Å²) in [6, 6.07) is 10.2. The summed E-state index contributed by atoms with van der Waals surface area (Å²) in [6.45, 7) is 0. The quantitative estimate of drug-likeness (QED) is 0.795. The third-order valence-electron chi connectivity index (χ3n) is 2.88. The number of nitrogens with one attached hydrogen (secondary N) is 1. The maximum atomic E-state index is 5.54. The van der Waals surface area contributed by atoms with Crippen LogP contribution in [0.4, 0.5) is 0 Å². The van der Waals surface area contributed by atoms with Crippen molar-refractivity contribution in [2.45, 2.75) is 38.1 Å². The van der Waals surface area contributed by atoms with Gasteiger partial charge in [0.05, 0.1) is 0 Å². The predicted octanol–water partition coefficient (Wildman–Crippen LogP) is 3.27. The molecule has 1 saturated carbocycles. The number of benzene rings is 1. The number of para-hydroxylation sites is 1. The fourth-order valence-electron chi connectivity index (χ4n) is 2.04. The van der Waals surface area contributed by atoms with Crippen molar-refractivity contribution in [3.05, 3.63) is 30.3 Å². The minimum atomic E-state index is 0.498. The molecule has 2 nitrogen and oxygen atoms in total. The first-order valence-corrected chi connectivity index (χ1v) is 6.29. The van der Waals surface area contributed by atoms with Crippen molar-refractivity contribution in [1.29, 1.82) is 0 Å². The Morgan fingerprint density at radius 3 is 2.50 bits per heavy atom. The highest BCUT2D eigenvalue weighted by molar-refractivity contribution is 7.80.